The van der Waals surface area contributed by atoms with E-state index in [2.05, 4.69) is 20.8 Å². The van der Waals surface area contributed by atoms with E-state index in [4.69, 9.17) is 5.73 Å². The Morgan fingerprint density at radius 1 is 1.38 bits per heavy atom. The van der Waals surface area contributed by atoms with Crippen molar-refractivity contribution in [3.63, 3.8) is 0 Å². The summed E-state index contributed by atoms with van der Waals surface area (Å²) < 4.78 is 1.80. The quantitative estimate of drug-likeness (QED) is 0.786. The van der Waals surface area contributed by atoms with Gasteiger partial charge in [0.2, 0.25) is 11.1 Å². The molecule has 0 spiro atoms. The largest absolute Gasteiger partial charge is 0.351 e. The highest BCUT2D eigenvalue weighted by Crippen LogP contribution is 2.33. The van der Waals surface area contributed by atoms with Crippen LogP contribution < -0.4 is 11.1 Å². The molecule has 3 N–H and O–H groups in total. The average molecular weight is 312 g/mol. The van der Waals surface area contributed by atoms with E-state index >= 15 is 0 Å². The number of hydrogen-bond donors (Lipinski definition) is 2. The molecule has 0 unspecified atom stereocenters. The van der Waals surface area contributed by atoms with Crippen LogP contribution in [0.1, 0.15) is 45.6 Å². The molecule has 1 heterocycles. The Labute approximate surface area is 127 Å². The first-order valence-corrected chi connectivity index (χ1v) is 7.92. The molecule has 1 aromatic rings. The van der Waals surface area contributed by atoms with Crippen LogP contribution in [0, 0.1) is 5.92 Å². The second-order valence-corrected chi connectivity index (χ2v) is 6.59. The van der Waals surface area contributed by atoms with Gasteiger partial charge in [-0.15, -0.1) is 5.10 Å². The van der Waals surface area contributed by atoms with E-state index in [0.29, 0.717) is 11.2 Å². The van der Waals surface area contributed by atoms with Crippen molar-refractivity contribution in [3.8, 4) is 0 Å². The summed E-state index contributed by atoms with van der Waals surface area (Å²) in [7, 11) is 0. The molecule has 1 aliphatic rings. The van der Waals surface area contributed by atoms with Crippen molar-refractivity contribution < 1.29 is 9.59 Å². The summed E-state index contributed by atoms with van der Waals surface area (Å²) in [6.07, 6.45) is 4.45. The first kappa shape index (κ1) is 15.7. The molecule has 0 radical (unpaired) electrons. The van der Waals surface area contributed by atoms with Gasteiger partial charge in [0, 0.05) is 0 Å². The van der Waals surface area contributed by atoms with Crippen LogP contribution in [0.3, 0.4) is 0 Å². The van der Waals surface area contributed by atoms with Gasteiger partial charge < -0.3 is 5.73 Å². The molecular formula is C12H20N6O2S. The standard InChI is InChI=1S/C12H20N6O2S/c1-7(2)9(10(19)14-11(13)20)21-12-15-16-17-18(12)8-5-3-4-6-8/h7-9H,3-6H2,1-2H3,(H3,13,14,19,20)/t9-/m0/s1. The zero-order chi connectivity index (χ0) is 15.4. The number of nitrogens with zero attached hydrogens (tertiary/aromatic N) is 4. The van der Waals surface area contributed by atoms with Crippen LogP contribution in [0.25, 0.3) is 0 Å². The van der Waals surface area contributed by atoms with Gasteiger partial charge >= 0.3 is 6.03 Å². The van der Waals surface area contributed by atoms with Gasteiger partial charge in [-0.1, -0.05) is 38.5 Å². The van der Waals surface area contributed by atoms with Crippen molar-refractivity contribution in [2.45, 2.75) is 56.0 Å². The van der Waals surface area contributed by atoms with Crippen LogP contribution in [0.2, 0.25) is 0 Å². The lowest BCUT2D eigenvalue weighted by Gasteiger charge is -2.19. The number of carbonyl (C=O) groups is 2. The van der Waals surface area contributed by atoms with E-state index in [1.807, 2.05) is 13.8 Å². The van der Waals surface area contributed by atoms with Gasteiger partial charge in [-0.3, -0.25) is 10.1 Å². The molecule has 0 saturated heterocycles. The Hall–Kier alpha value is -1.64. The third-order valence-corrected chi connectivity index (χ3v) is 4.97. The van der Waals surface area contributed by atoms with Gasteiger partial charge in [0.15, 0.2) is 0 Å². The fourth-order valence-electron chi connectivity index (χ4n) is 2.44. The number of carbonyl (C=O) groups excluding carboxylic acids is 2. The number of tetrazole rings is 1. The summed E-state index contributed by atoms with van der Waals surface area (Å²) in [5.74, 6) is -0.397. The maximum absolute atomic E-state index is 12.0. The van der Waals surface area contributed by atoms with E-state index in [-0.39, 0.29) is 5.92 Å². The second-order valence-electron chi connectivity index (χ2n) is 5.48. The minimum absolute atomic E-state index is 0.0167. The number of rotatable bonds is 5. The first-order valence-electron chi connectivity index (χ1n) is 7.04. The van der Waals surface area contributed by atoms with Crippen molar-refractivity contribution in [1.82, 2.24) is 25.5 Å². The topological polar surface area (TPSA) is 116 Å². The summed E-state index contributed by atoms with van der Waals surface area (Å²) in [6.45, 7) is 3.81. The molecule has 116 valence electrons. The Morgan fingerprint density at radius 3 is 2.62 bits per heavy atom. The predicted molar refractivity (Wildman–Crippen MR) is 77.5 cm³/mol. The minimum atomic E-state index is -0.846. The highest BCUT2D eigenvalue weighted by atomic mass is 32.2. The lowest BCUT2D eigenvalue weighted by Crippen LogP contribution is -2.42. The molecule has 1 saturated carbocycles. The van der Waals surface area contributed by atoms with E-state index in [1.165, 1.54) is 24.6 Å². The molecule has 9 heteroatoms. The number of imide groups is 1. The monoisotopic (exact) mass is 312 g/mol. The molecule has 0 bridgehead atoms. The van der Waals surface area contributed by atoms with E-state index < -0.39 is 17.2 Å². The fraction of sp³-hybridized carbons (Fsp3) is 0.750. The van der Waals surface area contributed by atoms with Crippen LogP contribution in [-0.4, -0.2) is 37.4 Å². The maximum Gasteiger partial charge on any atom is 0.318 e. The highest BCUT2D eigenvalue weighted by Gasteiger charge is 2.29. The number of nitrogens with one attached hydrogen (secondary N) is 1. The number of primary amides is 1. The molecular weight excluding hydrogens is 292 g/mol. The third kappa shape index (κ3) is 3.93. The Morgan fingerprint density at radius 2 is 2.05 bits per heavy atom. The fourth-order valence-corrected chi connectivity index (χ4v) is 3.48. The van der Waals surface area contributed by atoms with Gasteiger partial charge in [-0.25, -0.2) is 9.48 Å². The Balaban J connectivity index is 2.12. The van der Waals surface area contributed by atoms with Gasteiger partial charge in [-0.05, 0) is 29.2 Å². The second kappa shape index (κ2) is 6.88. The maximum atomic E-state index is 12.0. The lowest BCUT2D eigenvalue weighted by atomic mass is 10.1. The third-order valence-electron chi connectivity index (χ3n) is 3.48. The van der Waals surface area contributed by atoms with Crippen LogP contribution in [0.4, 0.5) is 4.79 Å². The SMILES string of the molecule is CC(C)[C@H](Sc1nnnn1C1CCCC1)C(=O)NC(N)=O. The van der Waals surface area contributed by atoms with Crippen LogP contribution in [-0.2, 0) is 4.79 Å². The Bertz CT molecular complexity index is 512. The molecule has 2 rings (SSSR count). The van der Waals surface area contributed by atoms with Gasteiger partial charge in [0.1, 0.15) is 0 Å². The van der Waals surface area contributed by atoms with Crippen molar-refractivity contribution in [3.05, 3.63) is 0 Å². The molecule has 21 heavy (non-hydrogen) atoms. The van der Waals surface area contributed by atoms with E-state index in [9.17, 15) is 9.59 Å². The summed E-state index contributed by atoms with van der Waals surface area (Å²) in [6, 6.07) is -0.545. The lowest BCUT2D eigenvalue weighted by molar-refractivity contribution is -0.120. The Kier molecular flexibility index (Phi) is 5.16. The molecule has 8 nitrogen and oxygen atoms in total. The number of aromatic nitrogens is 4. The number of thioether (sulfide) groups is 1. The smallest absolute Gasteiger partial charge is 0.318 e. The molecule has 0 aliphatic heterocycles. The van der Waals surface area contributed by atoms with Crippen LogP contribution in [0.5, 0.6) is 0 Å². The summed E-state index contributed by atoms with van der Waals surface area (Å²) in [5, 5.41) is 14.0. The molecule has 1 aliphatic carbocycles. The summed E-state index contributed by atoms with van der Waals surface area (Å²) >= 11 is 1.27. The van der Waals surface area contributed by atoms with E-state index in [1.54, 1.807) is 4.68 Å². The normalized spacial score (nSPS) is 17.1. The van der Waals surface area contributed by atoms with Crippen LogP contribution >= 0.6 is 11.8 Å². The first-order chi connectivity index (χ1) is 9.99. The van der Waals surface area contributed by atoms with Gasteiger partial charge in [0.25, 0.3) is 0 Å². The average Bonchev–Trinajstić information content (AvgIpc) is 3.05. The zero-order valence-electron chi connectivity index (χ0n) is 12.2. The van der Waals surface area contributed by atoms with E-state index in [0.717, 1.165) is 12.8 Å². The van der Waals surface area contributed by atoms with Gasteiger partial charge in [-0.2, -0.15) is 0 Å². The minimum Gasteiger partial charge on any atom is -0.351 e. The molecule has 0 aromatic carbocycles. The number of amides is 3. The molecule has 1 atom stereocenters. The summed E-state index contributed by atoms with van der Waals surface area (Å²) in [5.41, 5.74) is 5.01. The predicted octanol–water partition coefficient (Wildman–Crippen LogP) is 1.10. The van der Waals surface area contributed by atoms with Crippen molar-refractivity contribution >= 4 is 23.7 Å². The number of hydrogen-bond acceptors (Lipinski definition) is 6. The summed E-state index contributed by atoms with van der Waals surface area (Å²) in [4.78, 5) is 22.9. The number of urea groups is 1. The molecule has 1 aromatic heterocycles. The van der Waals surface area contributed by atoms with Gasteiger partial charge in [0.05, 0.1) is 11.3 Å². The molecule has 1 fully saturated rings. The highest BCUT2D eigenvalue weighted by molar-refractivity contribution is 8.00. The zero-order valence-corrected chi connectivity index (χ0v) is 13.0. The van der Waals surface area contributed by atoms with Crippen molar-refractivity contribution in [2.24, 2.45) is 11.7 Å². The molecule has 3 amide bonds. The number of nitrogens with two attached hydrogens (primary N) is 1. The van der Waals surface area contributed by atoms with Crippen molar-refractivity contribution in [2.75, 3.05) is 0 Å². The van der Waals surface area contributed by atoms with Crippen LogP contribution in [0.15, 0.2) is 5.16 Å². The van der Waals surface area contributed by atoms with Crippen molar-refractivity contribution in [1.29, 1.82) is 0 Å².